The van der Waals surface area contributed by atoms with Gasteiger partial charge in [-0.15, -0.1) is 0 Å². The molecular weight excluding hydrogens is 468 g/mol. The minimum absolute atomic E-state index is 0.00822. The second-order valence-corrected chi connectivity index (χ2v) is 8.35. The molecule has 0 radical (unpaired) electrons. The highest BCUT2D eigenvalue weighted by Crippen LogP contribution is 2.35. The Hall–Kier alpha value is -5.06. The zero-order valence-electron chi connectivity index (χ0n) is 18.5. The second-order valence-electron chi connectivity index (χ2n) is 8.35. The number of para-hydroxylation sites is 1. The van der Waals surface area contributed by atoms with Crippen LogP contribution >= 0.6 is 0 Å². The van der Waals surface area contributed by atoms with Gasteiger partial charge >= 0.3 is 0 Å². The number of imide groups is 1. The van der Waals surface area contributed by atoms with Crippen LogP contribution in [0.4, 0.5) is 5.69 Å². The lowest BCUT2D eigenvalue weighted by molar-refractivity contribution is -0.384. The zero-order valence-corrected chi connectivity index (χ0v) is 18.5. The van der Waals surface area contributed by atoms with E-state index in [4.69, 9.17) is 8.83 Å². The molecule has 2 aromatic heterocycles. The molecule has 0 spiro atoms. The molecule has 0 N–H and O–H groups in total. The number of rotatable bonds is 5. The molecular formula is C25H16N4O7. The third-order valence-electron chi connectivity index (χ3n) is 6.21. The molecule has 3 amide bonds. The van der Waals surface area contributed by atoms with E-state index in [-0.39, 0.29) is 16.8 Å². The summed E-state index contributed by atoms with van der Waals surface area (Å²) < 4.78 is 11.4. The summed E-state index contributed by atoms with van der Waals surface area (Å²) in [5.74, 6) is -1.12. The number of nitro benzene ring substituents is 1. The number of hydrogen-bond donors (Lipinski definition) is 0. The predicted octanol–water partition coefficient (Wildman–Crippen LogP) is 3.91. The molecule has 2 aliphatic heterocycles. The highest BCUT2D eigenvalue weighted by atomic mass is 16.6. The minimum atomic E-state index is -0.776. The molecule has 178 valence electrons. The fourth-order valence-electron chi connectivity index (χ4n) is 4.46. The number of nitro groups is 1. The number of carbonyl (C=O) groups excluding carboxylic acids is 3. The summed E-state index contributed by atoms with van der Waals surface area (Å²) in [6.45, 7) is -0.589. The van der Waals surface area contributed by atoms with Gasteiger partial charge in [0.05, 0.1) is 22.3 Å². The number of benzene rings is 2. The van der Waals surface area contributed by atoms with Crippen LogP contribution in [0.15, 0.2) is 80.9 Å². The molecule has 0 bridgehead atoms. The van der Waals surface area contributed by atoms with E-state index in [0.29, 0.717) is 29.2 Å². The lowest BCUT2D eigenvalue weighted by Gasteiger charge is -2.22. The van der Waals surface area contributed by atoms with Crippen LogP contribution in [0, 0.1) is 10.1 Å². The van der Waals surface area contributed by atoms with Gasteiger partial charge in [0.25, 0.3) is 23.4 Å². The molecule has 1 unspecified atom stereocenters. The van der Waals surface area contributed by atoms with Crippen molar-refractivity contribution >= 4 is 40.1 Å². The van der Waals surface area contributed by atoms with Gasteiger partial charge in [-0.2, -0.15) is 5.10 Å². The summed E-state index contributed by atoms with van der Waals surface area (Å²) in [6.07, 6.45) is 1.78. The third-order valence-corrected chi connectivity index (χ3v) is 6.21. The molecule has 0 saturated carbocycles. The number of carbonyl (C=O) groups is 3. The van der Waals surface area contributed by atoms with E-state index in [1.54, 1.807) is 12.1 Å². The Kier molecular flexibility index (Phi) is 4.78. The van der Waals surface area contributed by atoms with Crippen molar-refractivity contribution in [1.82, 2.24) is 9.91 Å². The Bertz CT molecular complexity index is 1570. The average Bonchev–Trinajstić information content (AvgIpc) is 3.66. The van der Waals surface area contributed by atoms with Crippen LogP contribution in [0.3, 0.4) is 0 Å². The first-order chi connectivity index (χ1) is 17.4. The van der Waals surface area contributed by atoms with Crippen LogP contribution in [0.1, 0.15) is 44.7 Å². The van der Waals surface area contributed by atoms with Crippen molar-refractivity contribution in [2.75, 3.05) is 6.54 Å². The van der Waals surface area contributed by atoms with E-state index >= 15 is 0 Å². The molecule has 4 heterocycles. The third kappa shape index (κ3) is 3.36. The van der Waals surface area contributed by atoms with Gasteiger partial charge < -0.3 is 8.83 Å². The van der Waals surface area contributed by atoms with Crippen molar-refractivity contribution in [2.45, 2.75) is 12.5 Å². The number of nitrogens with zero attached hydrogens (tertiary/aromatic N) is 4. The standard InChI is InChI=1S/C25H16N4O7/c30-23(13-27-24(31)16-8-7-15(29(33)34)11-17(16)25(27)32)28-19(21-6-3-9-35-21)12-18(26-28)22-10-14-4-1-2-5-20(14)36-22/h1-11,19H,12-13H2. The van der Waals surface area contributed by atoms with Crippen LogP contribution in [0.2, 0.25) is 0 Å². The maximum Gasteiger partial charge on any atom is 0.270 e. The maximum absolute atomic E-state index is 13.4. The lowest BCUT2D eigenvalue weighted by Crippen LogP contribution is -2.41. The van der Waals surface area contributed by atoms with E-state index < -0.39 is 35.2 Å². The highest BCUT2D eigenvalue weighted by Gasteiger charge is 2.41. The number of non-ortho nitro benzene ring substituents is 1. The quantitative estimate of drug-likeness (QED) is 0.238. The van der Waals surface area contributed by atoms with Gasteiger partial charge in [-0.1, -0.05) is 18.2 Å². The largest absolute Gasteiger partial charge is 0.467 e. The van der Waals surface area contributed by atoms with Gasteiger partial charge in [-0.05, 0) is 30.3 Å². The molecule has 6 rings (SSSR count). The molecule has 11 nitrogen and oxygen atoms in total. The van der Waals surface area contributed by atoms with E-state index in [1.807, 2.05) is 30.3 Å². The fraction of sp³-hybridized carbons (Fsp3) is 0.120. The summed E-state index contributed by atoms with van der Waals surface area (Å²) in [4.78, 5) is 50.3. The van der Waals surface area contributed by atoms with Crippen LogP contribution in [0.25, 0.3) is 11.0 Å². The first kappa shape index (κ1) is 21.5. The SMILES string of the molecule is O=C1c2ccc([N+](=O)[O-])cc2C(=O)N1CC(=O)N1N=C(c2cc3ccccc3o2)CC1c1ccco1. The molecule has 11 heteroatoms. The Morgan fingerprint density at radius 1 is 1.06 bits per heavy atom. The van der Waals surface area contributed by atoms with Crippen molar-refractivity contribution in [3.63, 3.8) is 0 Å². The Balaban J connectivity index is 1.30. The Labute approximate surface area is 202 Å². The topological polar surface area (TPSA) is 139 Å². The minimum Gasteiger partial charge on any atom is -0.467 e. The normalized spacial score (nSPS) is 17.1. The smallest absolute Gasteiger partial charge is 0.270 e. The van der Waals surface area contributed by atoms with Gasteiger partial charge in [0, 0.05) is 23.9 Å². The molecule has 0 saturated heterocycles. The molecule has 2 aromatic carbocycles. The van der Waals surface area contributed by atoms with E-state index in [0.717, 1.165) is 22.4 Å². The number of fused-ring (bicyclic) bond motifs is 2. The first-order valence-electron chi connectivity index (χ1n) is 11.0. The van der Waals surface area contributed by atoms with Crippen molar-refractivity contribution in [1.29, 1.82) is 0 Å². The van der Waals surface area contributed by atoms with E-state index in [9.17, 15) is 24.5 Å². The van der Waals surface area contributed by atoms with Crippen LogP contribution in [-0.2, 0) is 4.79 Å². The Morgan fingerprint density at radius 3 is 2.61 bits per heavy atom. The van der Waals surface area contributed by atoms with Gasteiger partial charge in [0.15, 0.2) is 5.76 Å². The summed E-state index contributed by atoms with van der Waals surface area (Å²) in [7, 11) is 0. The van der Waals surface area contributed by atoms with E-state index in [2.05, 4.69) is 5.10 Å². The molecule has 36 heavy (non-hydrogen) atoms. The van der Waals surface area contributed by atoms with Gasteiger partial charge in [-0.3, -0.25) is 29.4 Å². The number of hydrogen-bond acceptors (Lipinski definition) is 8. The van der Waals surface area contributed by atoms with Gasteiger partial charge in [-0.25, -0.2) is 5.01 Å². The number of hydrazone groups is 1. The molecule has 0 fully saturated rings. The highest BCUT2D eigenvalue weighted by molar-refractivity contribution is 6.22. The van der Waals surface area contributed by atoms with Crippen molar-refractivity contribution in [3.05, 3.63) is 99.7 Å². The maximum atomic E-state index is 13.4. The summed E-state index contributed by atoms with van der Waals surface area (Å²) in [6, 6.07) is 15.5. The number of amides is 3. The summed E-state index contributed by atoms with van der Waals surface area (Å²) in [5.41, 5.74) is 0.764. The number of furan rings is 2. The predicted molar refractivity (Wildman–Crippen MR) is 124 cm³/mol. The lowest BCUT2D eigenvalue weighted by atomic mass is 10.1. The zero-order chi connectivity index (χ0) is 25.0. The summed E-state index contributed by atoms with van der Waals surface area (Å²) >= 11 is 0. The second kappa shape index (κ2) is 8.01. The van der Waals surface area contributed by atoms with Crippen LogP contribution in [0.5, 0.6) is 0 Å². The van der Waals surface area contributed by atoms with Gasteiger partial charge in [0.1, 0.15) is 29.6 Å². The molecule has 4 aromatic rings. The van der Waals surface area contributed by atoms with E-state index in [1.165, 1.54) is 17.3 Å². The average molecular weight is 484 g/mol. The Morgan fingerprint density at radius 2 is 1.86 bits per heavy atom. The van der Waals surface area contributed by atoms with Gasteiger partial charge in [0.2, 0.25) is 0 Å². The molecule has 0 aliphatic carbocycles. The van der Waals surface area contributed by atoms with Crippen molar-refractivity contribution < 1.29 is 28.1 Å². The molecule has 1 atom stereocenters. The van der Waals surface area contributed by atoms with Crippen molar-refractivity contribution in [3.8, 4) is 0 Å². The monoisotopic (exact) mass is 484 g/mol. The fourth-order valence-corrected chi connectivity index (χ4v) is 4.46. The molecule has 2 aliphatic rings. The van der Waals surface area contributed by atoms with Crippen LogP contribution < -0.4 is 0 Å². The summed E-state index contributed by atoms with van der Waals surface area (Å²) in [5, 5.41) is 17.6. The first-order valence-corrected chi connectivity index (χ1v) is 11.0. The van der Waals surface area contributed by atoms with Crippen LogP contribution in [-0.4, -0.2) is 44.8 Å². The van der Waals surface area contributed by atoms with Crippen molar-refractivity contribution in [2.24, 2.45) is 5.10 Å².